The lowest BCUT2D eigenvalue weighted by Crippen LogP contribution is -2.46. The van der Waals surface area contributed by atoms with E-state index in [4.69, 9.17) is 23.2 Å². The molecule has 1 fully saturated rings. The molecule has 1 saturated heterocycles. The second-order valence-electron chi connectivity index (χ2n) is 5.57. The van der Waals surface area contributed by atoms with Gasteiger partial charge in [-0.1, -0.05) is 23.2 Å². The summed E-state index contributed by atoms with van der Waals surface area (Å²) >= 11 is 11.6. The summed E-state index contributed by atoms with van der Waals surface area (Å²) in [4.78, 5) is 24.0. The fourth-order valence-electron chi connectivity index (χ4n) is 2.50. The fourth-order valence-corrected chi connectivity index (χ4v) is 2.79. The van der Waals surface area contributed by atoms with Crippen LogP contribution in [0.4, 0.5) is 13.2 Å². The van der Waals surface area contributed by atoms with Crippen LogP contribution in [-0.4, -0.2) is 42.5 Å². The topological polar surface area (TPSA) is 49.4 Å². The lowest BCUT2D eigenvalue weighted by Gasteiger charge is -2.32. The van der Waals surface area contributed by atoms with Crippen LogP contribution < -0.4 is 5.32 Å². The van der Waals surface area contributed by atoms with E-state index in [1.54, 1.807) is 0 Å². The number of hydrogen-bond acceptors (Lipinski definition) is 2. The Hall–Kier alpha value is -1.47. The first-order valence-electron chi connectivity index (χ1n) is 7.28. The van der Waals surface area contributed by atoms with Gasteiger partial charge in [-0.3, -0.25) is 9.59 Å². The highest BCUT2D eigenvalue weighted by molar-refractivity contribution is 6.42. The second kappa shape index (κ2) is 7.61. The van der Waals surface area contributed by atoms with Crippen LogP contribution in [0.2, 0.25) is 10.0 Å². The van der Waals surface area contributed by atoms with E-state index in [0.717, 1.165) is 4.90 Å². The molecule has 1 aliphatic heterocycles. The van der Waals surface area contributed by atoms with Gasteiger partial charge < -0.3 is 10.2 Å². The largest absolute Gasteiger partial charge is 0.471 e. The van der Waals surface area contributed by atoms with E-state index in [2.05, 4.69) is 5.32 Å². The van der Waals surface area contributed by atoms with Crippen LogP contribution in [-0.2, 0) is 4.79 Å². The molecule has 132 valence electrons. The first kappa shape index (κ1) is 18.9. The standard InChI is InChI=1S/C15H15Cl2F3N2O2/c16-11-2-1-10(7-12(11)17)13(23)21-8-9-3-5-22(6-4-9)14(24)15(18,19)20/h1-2,7,9H,3-6,8H2,(H,21,23). The van der Waals surface area contributed by atoms with Gasteiger partial charge in [-0.2, -0.15) is 13.2 Å². The highest BCUT2D eigenvalue weighted by atomic mass is 35.5. The molecule has 9 heteroatoms. The minimum atomic E-state index is -4.84. The number of amides is 2. The maximum Gasteiger partial charge on any atom is 0.471 e. The van der Waals surface area contributed by atoms with Crippen molar-refractivity contribution in [2.24, 2.45) is 5.92 Å². The molecule has 24 heavy (non-hydrogen) atoms. The molecular formula is C15H15Cl2F3N2O2. The van der Waals surface area contributed by atoms with Crippen LogP contribution in [0, 0.1) is 5.92 Å². The van der Waals surface area contributed by atoms with Gasteiger partial charge in [0.15, 0.2) is 0 Å². The van der Waals surface area contributed by atoms with E-state index in [9.17, 15) is 22.8 Å². The summed E-state index contributed by atoms with van der Waals surface area (Å²) in [5.74, 6) is -2.11. The molecule has 0 atom stereocenters. The Morgan fingerprint density at radius 2 is 1.79 bits per heavy atom. The predicted octanol–water partition coefficient (Wildman–Crippen LogP) is 3.52. The Bertz CT molecular complexity index is 630. The van der Waals surface area contributed by atoms with E-state index in [0.29, 0.717) is 30.0 Å². The van der Waals surface area contributed by atoms with Gasteiger partial charge in [-0.25, -0.2) is 0 Å². The number of benzene rings is 1. The summed E-state index contributed by atoms with van der Waals surface area (Å²) < 4.78 is 37.1. The van der Waals surface area contributed by atoms with Gasteiger partial charge in [0.2, 0.25) is 0 Å². The summed E-state index contributed by atoms with van der Waals surface area (Å²) in [6.07, 6.45) is -4.03. The molecule has 0 aliphatic carbocycles. The molecule has 2 amide bonds. The second-order valence-corrected chi connectivity index (χ2v) is 6.39. The summed E-state index contributed by atoms with van der Waals surface area (Å²) in [5.41, 5.74) is 0.356. The molecule has 0 saturated carbocycles. The van der Waals surface area contributed by atoms with Gasteiger partial charge >= 0.3 is 12.1 Å². The summed E-state index contributed by atoms with van der Waals surface area (Å²) in [6.45, 7) is 0.393. The van der Waals surface area contributed by atoms with Gasteiger partial charge in [0.25, 0.3) is 5.91 Å². The Kier molecular flexibility index (Phi) is 5.98. The number of rotatable bonds is 3. The third kappa shape index (κ3) is 4.77. The van der Waals surface area contributed by atoms with Gasteiger partial charge in [0.1, 0.15) is 0 Å². The molecular weight excluding hydrogens is 368 g/mol. The van der Waals surface area contributed by atoms with Crippen molar-refractivity contribution in [3.05, 3.63) is 33.8 Å². The third-order valence-electron chi connectivity index (χ3n) is 3.88. The van der Waals surface area contributed by atoms with E-state index in [-0.39, 0.29) is 29.9 Å². The van der Waals surface area contributed by atoms with E-state index >= 15 is 0 Å². The number of carbonyl (C=O) groups is 2. The zero-order chi connectivity index (χ0) is 17.9. The number of nitrogens with one attached hydrogen (secondary N) is 1. The number of carbonyl (C=O) groups excluding carboxylic acids is 2. The molecule has 2 rings (SSSR count). The van der Waals surface area contributed by atoms with Crippen molar-refractivity contribution in [1.29, 1.82) is 0 Å². The molecule has 1 aromatic carbocycles. The van der Waals surface area contributed by atoms with Crippen LogP contribution in [0.5, 0.6) is 0 Å². The zero-order valence-electron chi connectivity index (χ0n) is 12.5. The average molecular weight is 383 g/mol. The highest BCUT2D eigenvalue weighted by Crippen LogP contribution is 2.24. The van der Waals surface area contributed by atoms with Gasteiger partial charge in [-0.05, 0) is 37.0 Å². The average Bonchev–Trinajstić information content (AvgIpc) is 2.54. The molecule has 4 nitrogen and oxygen atoms in total. The van der Waals surface area contributed by atoms with Gasteiger partial charge in [0, 0.05) is 25.2 Å². The predicted molar refractivity (Wildman–Crippen MR) is 84.2 cm³/mol. The fraction of sp³-hybridized carbons (Fsp3) is 0.467. The maximum absolute atomic E-state index is 12.4. The monoisotopic (exact) mass is 382 g/mol. The van der Waals surface area contributed by atoms with Crippen molar-refractivity contribution in [3.8, 4) is 0 Å². The molecule has 0 radical (unpaired) electrons. The maximum atomic E-state index is 12.4. The van der Waals surface area contributed by atoms with Crippen LogP contribution in [0.15, 0.2) is 18.2 Å². The van der Waals surface area contributed by atoms with E-state index < -0.39 is 12.1 Å². The summed E-state index contributed by atoms with van der Waals surface area (Å²) in [6, 6.07) is 4.50. The number of nitrogens with zero attached hydrogens (tertiary/aromatic N) is 1. The third-order valence-corrected chi connectivity index (χ3v) is 4.62. The summed E-state index contributed by atoms with van der Waals surface area (Å²) in [7, 11) is 0. The minimum absolute atomic E-state index is 0.0222. The van der Waals surface area contributed by atoms with E-state index in [1.165, 1.54) is 18.2 Å². The smallest absolute Gasteiger partial charge is 0.352 e. The van der Waals surface area contributed by atoms with Crippen molar-refractivity contribution >= 4 is 35.0 Å². The molecule has 1 heterocycles. The van der Waals surface area contributed by atoms with Crippen LogP contribution >= 0.6 is 23.2 Å². The molecule has 0 unspecified atom stereocenters. The lowest BCUT2D eigenvalue weighted by molar-refractivity contribution is -0.186. The lowest BCUT2D eigenvalue weighted by atomic mass is 9.96. The highest BCUT2D eigenvalue weighted by Gasteiger charge is 2.43. The Labute approximate surface area is 146 Å². The zero-order valence-corrected chi connectivity index (χ0v) is 14.0. The number of likely N-dealkylation sites (tertiary alicyclic amines) is 1. The van der Waals surface area contributed by atoms with Gasteiger partial charge in [0.05, 0.1) is 10.0 Å². The Morgan fingerprint density at radius 3 is 2.33 bits per heavy atom. The van der Waals surface area contributed by atoms with Crippen molar-refractivity contribution in [3.63, 3.8) is 0 Å². The number of piperidine rings is 1. The molecule has 1 N–H and O–H groups in total. The molecule has 1 aliphatic rings. The molecule has 0 spiro atoms. The van der Waals surface area contributed by atoms with Crippen molar-refractivity contribution in [2.45, 2.75) is 19.0 Å². The molecule has 0 bridgehead atoms. The summed E-state index contributed by atoms with van der Waals surface area (Å²) in [5, 5.41) is 3.33. The van der Waals surface area contributed by atoms with Crippen molar-refractivity contribution < 1.29 is 22.8 Å². The normalized spacial score (nSPS) is 16.1. The number of alkyl halides is 3. The van der Waals surface area contributed by atoms with Crippen LogP contribution in [0.3, 0.4) is 0 Å². The number of hydrogen-bond donors (Lipinski definition) is 1. The van der Waals surface area contributed by atoms with Crippen molar-refractivity contribution in [2.75, 3.05) is 19.6 Å². The Balaban J connectivity index is 1.81. The van der Waals surface area contributed by atoms with Crippen LogP contribution in [0.25, 0.3) is 0 Å². The SMILES string of the molecule is O=C(NCC1CCN(C(=O)C(F)(F)F)CC1)c1ccc(Cl)c(Cl)c1. The number of halogens is 5. The van der Waals surface area contributed by atoms with Crippen molar-refractivity contribution in [1.82, 2.24) is 10.2 Å². The first-order chi connectivity index (χ1) is 11.2. The first-order valence-corrected chi connectivity index (χ1v) is 8.03. The molecule has 0 aromatic heterocycles. The minimum Gasteiger partial charge on any atom is -0.352 e. The van der Waals surface area contributed by atoms with Gasteiger partial charge in [-0.15, -0.1) is 0 Å². The quantitative estimate of drug-likeness (QED) is 0.869. The van der Waals surface area contributed by atoms with E-state index in [1.807, 2.05) is 0 Å². The Morgan fingerprint density at radius 1 is 1.17 bits per heavy atom. The van der Waals surface area contributed by atoms with Crippen LogP contribution in [0.1, 0.15) is 23.2 Å². The molecule has 1 aromatic rings.